The van der Waals surface area contributed by atoms with E-state index < -0.39 is 5.41 Å². The number of benzene rings is 1. The molecular weight excluding hydrogens is 200 g/mol. The molecule has 0 radical (unpaired) electrons. The molecule has 2 heterocycles. The van der Waals surface area contributed by atoms with E-state index in [1.54, 1.807) is 0 Å². The van der Waals surface area contributed by atoms with Crippen LogP contribution in [0.25, 0.3) is 10.9 Å². The summed E-state index contributed by atoms with van der Waals surface area (Å²) in [5, 5.41) is 3.90. The van der Waals surface area contributed by atoms with Gasteiger partial charge in [0.25, 0.3) is 0 Å². The summed E-state index contributed by atoms with van der Waals surface area (Å²) in [6.07, 6.45) is 0. The zero-order valence-electron chi connectivity index (χ0n) is 9.24. The molecule has 3 rings (SSSR count). The van der Waals surface area contributed by atoms with Crippen LogP contribution in [0.1, 0.15) is 19.4 Å². The van der Waals surface area contributed by atoms with Crippen LogP contribution >= 0.6 is 0 Å². The van der Waals surface area contributed by atoms with Gasteiger partial charge in [0.1, 0.15) is 5.82 Å². The number of fused-ring (bicyclic) bond motifs is 2. The molecule has 16 heavy (non-hydrogen) atoms. The van der Waals surface area contributed by atoms with E-state index in [2.05, 4.69) is 16.4 Å². The van der Waals surface area contributed by atoms with Gasteiger partial charge in [-0.2, -0.15) is 0 Å². The lowest BCUT2D eigenvalue weighted by Crippen LogP contribution is -2.26. The van der Waals surface area contributed by atoms with Crippen molar-refractivity contribution in [1.29, 1.82) is 0 Å². The number of aromatic nitrogens is 1. The standard InChI is InChI=1S/C13H12N2O/c1-13(2)9-7-8-5-3-4-6-10(8)14-11(9)15-12(13)16/h3-7H,1-2H3,(H,14,15,16). The Hall–Kier alpha value is -1.90. The second-order valence-electron chi connectivity index (χ2n) is 4.66. The number of pyridine rings is 1. The predicted octanol–water partition coefficient (Wildman–Crippen LogP) is 2.46. The van der Waals surface area contributed by atoms with E-state index in [0.717, 1.165) is 16.5 Å². The van der Waals surface area contributed by atoms with Gasteiger partial charge in [0.05, 0.1) is 10.9 Å². The molecule has 1 aromatic heterocycles. The molecule has 0 spiro atoms. The lowest BCUT2D eigenvalue weighted by molar-refractivity contribution is -0.119. The average molecular weight is 212 g/mol. The fourth-order valence-electron chi connectivity index (χ4n) is 2.07. The molecule has 3 nitrogen and oxygen atoms in total. The third-order valence-electron chi connectivity index (χ3n) is 3.20. The number of rotatable bonds is 0. The van der Waals surface area contributed by atoms with Crippen molar-refractivity contribution in [3.63, 3.8) is 0 Å². The molecule has 2 aromatic rings. The Balaban J connectivity index is 2.35. The zero-order chi connectivity index (χ0) is 11.3. The first-order valence-corrected chi connectivity index (χ1v) is 5.31. The Labute approximate surface area is 93.5 Å². The number of hydrogen-bond donors (Lipinski definition) is 1. The van der Waals surface area contributed by atoms with Gasteiger partial charge in [-0.15, -0.1) is 0 Å². The highest BCUT2D eigenvalue weighted by Gasteiger charge is 2.39. The van der Waals surface area contributed by atoms with Gasteiger partial charge < -0.3 is 5.32 Å². The summed E-state index contributed by atoms with van der Waals surface area (Å²) in [5.74, 6) is 0.721. The number of hydrogen-bond acceptors (Lipinski definition) is 2. The molecule has 0 aliphatic carbocycles. The highest BCUT2D eigenvalue weighted by atomic mass is 16.2. The van der Waals surface area contributed by atoms with Crippen LogP contribution in [-0.4, -0.2) is 10.9 Å². The van der Waals surface area contributed by atoms with Crippen molar-refractivity contribution in [3.8, 4) is 0 Å². The molecule has 0 unspecified atom stereocenters. The molecule has 0 atom stereocenters. The summed E-state index contributed by atoms with van der Waals surface area (Å²) >= 11 is 0. The second-order valence-corrected chi connectivity index (χ2v) is 4.66. The van der Waals surface area contributed by atoms with Gasteiger partial charge in [0, 0.05) is 10.9 Å². The monoisotopic (exact) mass is 212 g/mol. The third-order valence-corrected chi connectivity index (χ3v) is 3.20. The fraction of sp³-hybridized carbons (Fsp3) is 0.231. The number of amides is 1. The van der Waals surface area contributed by atoms with E-state index in [1.165, 1.54) is 0 Å². The molecule has 1 aliphatic rings. The highest BCUT2D eigenvalue weighted by Crippen LogP contribution is 2.37. The molecule has 3 heteroatoms. The van der Waals surface area contributed by atoms with Crippen molar-refractivity contribution in [1.82, 2.24) is 4.98 Å². The summed E-state index contributed by atoms with van der Waals surface area (Å²) in [4.78, 5) is 16.3. The molecule has 0 saturated heterocycles. The Bertz CT molecular complexity index is 602. The predicted molar refractivity (Wildman–Crippen MR) is 63.4 cm³/mol. The molecule has 1 aromatic carbocycles. The zero-order valence-corrected chi connectivity index (χ0v) is 9.24. The lowest BCUT2D eigenvalue weighted by Gasteiger charge is -2.14. The molecular formula is C13H12N2O. The molecule has 0 bridgehead atoms. The highest BCUT2D eigenvalue weighted by molar-refractivity contribution is 6.06. The number of nitrogens with zero attached hydrogens (tertiary/aromatic N) is 1. The topological polar surface area (TPSA) is 42.0 Å². The number of carbonyl (C=O) groups is 1. The number of carbonyl (C=O) groups excluding carboxylic acids is 1. The first kappa shape index (κ1) is 9.33. The Morgan fingerprint density at radius 1 is 1.25 bits per heavy atom. The minimum absolute atomic E-state index is 0.0188. The van der Waals surface area contributed by atoms with E-state index in [0.29, 0.717) is 5.82 Å². The summed E-state index contributed by atoms with van der Waals surface area (Å²) in [5.41, 5.74) is 1.42. The van der Waals surface area contributed by atoms with Crippen molar-refractivity contribution in [2.45, 2.75) is 19.3 Å². The van der Waals surface area contributed by atoms with Crippen LogP contribution in [0.4, 0.5) is 5.82 Å². The van der Waals surface area contributed by atoms with Gasteiger partial charge >= 0.3 is 0 Å². The van der Waals surface area contributed by atoms with Gasteiger partial charge in [-0.3, -0.25) is 4.79 Å². The molecule has 0 saturated carbocycles. The maximum absolute atomic E-state index is 11.8. The van der Waals surface area contributed by atoms with Gasteiger partial charge in [-0.05, 0) is 26.0 Å². The van der Waals surface area contributed by atoms with Crippen molar-refractivity contribution in [2.24, 2.45) is 0 Å². The van der Waals surface area contributed by atoms with Gasteiger partial charge in [-0.25, -0.2) is 4.98 Å². The normalized spacial score (nSPS) is 17.2. The molecule has 1 aliphatic heterocycles. The van der Waals surface area contributed by atoms with E-state index in [9.17, 15) is 4.79 Å². The van der Waals surface area contributed by atoms with Crippen LogP contribution in [0.2, 0.25) is 0 Å². The quantitative estimate of drug-likeness (QED) is 0.728. The molecule has 1 amide bonds. The second kappa shape index (κ2) is 2.82. The minimum atomic E-state index is -0.480. The van der Waals surface area contributed by atoms with E-state index in [4.69, 9.17) is 0 Å². The van der Waals surface area contributed by atoms with E-state index in [-0.39, 0.29) is 5.91 Å². The van der Waals surface area contributed by atoms with Crippen LogP contribution in [0.15, 0.2) is 30.3 Å². The summed E-state index contributed by atoms with van der Waals surface area (Å²) in [7, 11) is 0. The van der Waals surface area contributed by atoms with Crippen LogP contribution < -0.4 is 5.32 Å². The smallest absolute Gasteiger partial charge is 0.235 e. The Morgan fingerprint density at radius 2 is 2.00 bits per heavy atom. The minimum Gasteiger partial charge on any atom is -0.310 e. The van der Waals surface area contributed by atoms with Crippen LogP contribution in [0, 0.1) is 0 Å². The van der Waals surface area contributed by atoms with E-state index in [1.807, 2.05) is 38.1 Å². The van der Waals surface area contributed by atoms with Gasteiger partial charge in [-0.1, -0.05) is 18.2 Å². The fourth-order valence-corrected chi connectivity index (χ4v) is 2.07. The van der Waals surface area contributed by atoms with Gasteiger partial charge in [0.2, 0.25) is 5.91 Å². The summed E-state index contributed by atoms with van der Waals surface area (Å²) in [6.45, 7) is 3.84. The Kier molecular flexibility index (Phi) is 1.64. The average Bonchev–Trinajstić information content (AvgIpc) is 2.48. The number of nitrogens with one attached hydrogen (secondary N) is 1. The number of anilines is 1. The third kappa shape index (κ3) is 1.08. The van der Waals surface area contributed by atoms with Gasteiger partial charge in [0.15, 0.2) is 0 Å². The molecule has 1 N–H and O–H groups in total. The van der Waals surface area contributed by atoms with Crippen molar-refractivity contribution in [2.75, 3.05) is 5.32 Å². The summed E-state index contributed by atoms with van der Waals surface area (Å²) in [6, 6.07) is 9.95. The Morgan fingerprint density at radius 3 is 2.81 bits per heavy atom. The number of para-hydroxylation sites is 1. The maximum atomic E-state index is 11.8. The summed E-state index contributed by atoms with van der Waals surface area (Å²) < 4.78 is 0. The first-order chi connectivity index (χ1) is 7.59. The van der Waals surface area contributed by atoms with Crippen molar-refractivity contribution in [3.05, 3.63) is 35.9 Å². The van der Waals surface area contributed by atoms with Crippen LogP contribution in [-0.2, 0) is 10.2 Å². The van der Waals surface area contributed by atoms with Crippen molar-refractivity contribution >= 4 is 22.6 Å². The van der Waals surface area contributed by atoms with Crippen molar-refractivity contribution < 1.29 is 4.79 Å². The largest absolute Gasteiger partial charge is 0.310 e. The molecule has 80 valence electrons. The SMILES string of the molecule is CC1(C)C(=O)Nc2nc3ccccc3cc21. The first-order valence-electron chi connectivity index (χ1n) is 5.31. The lowest BCUT2D eigenvalue weighted by atomic mass is 9.86. The maximum Gasteiger partial charge on any atom is 0.235 e. The van der Waals surface area contributed by atoms with Crippen LogP contribution in [0.3, 0.4) is 0 Å². The van der Waals surface area contributed by atoms with E-state index >= 15 is 0 Å². The van der Waals surface area contributed by atoms with Crippen LogP contribution in [0.5, 0.6) is 0 Å². The molecule has 0 fully saturated rings.